The number of aryl methyl sites for hydroxylation is 1. The number of amides is 1. The van der Waals surface area contributed by atoms with E-state index in [0.717, 1.165) is 32.1 Å². The van der Waals surface area contributed by atoms with Crippen LogP contribution in [0.3, 0.4) is 0 Å². The minimum absolute atomic E-state index is 0.152. The number of aliphatic hydroxyl groups excluding tert-OH is 1. The molecule has 1 N–H and O–H groups in total. The van der Waals surface area contributed by atoms with Gasteiger partial charge in [-0.1, -0.05) is 16.8 Å². The zero-order valence-corrected chi connectivity index (χ0v) is 12.1. The number of nitrogens with zero attached hydrogens (tertiary/aromatic N) is 2. The molecule has 0 saturated carbocycles. The third-order valence-corrected chi connectivity index (χ3v) is 4.53. The number of carbonyl (C=O) groups excluding carboxylic acids is 1. The highest BCUT2D eigenvalue weighted by atomic mass is 35.5. The lowest BCUT2D eigenvalue weighted by Crippen LogP contribution is -2.55. The summed E-state index contributed by atoms with van der Waals surface area (Å²) >= 11 is 5.69. The van der Waals surface area contributed by atoms with Crippen LogP contribution in [-0.4, -0.2) is 39.3 Å². The molecular weight excluding hydrogens is 280 g/mol. The number of hydrogen-bond acceptors (Lipinski definition) is 4. The van der Waals surface area contributed by atoms with E-state index in [-0.39, 0.29) is 24.1 Å². The van der Waals surface area contributed by atoms with E-state index in [9.17, 15) is 9.90 Å². The van der Waals surface area contributed by atoms with Crippen molar-refractivity contribution >= 4 is 17.5 Å². The van der Waals surface area contributed by atoms with Gasteiger partial charge in [-0.15, -0.1) is 0 Å². The van der Waals surface area contributed by atoms with Gasteiger partial charge in [-0.2, -0.15) is 0 Å². The van der Waals surface area contributed by atoms with Crippen molar-refractivity contribution in [3.05, 3.63) is 17.0 Å². The van der Waals surface area contributed by atoms with E-state index in [4.69, 9.17) is 16.1 Å². The molecule has 110 valence electrons. The summed E-state index contributed by atoms with van der Waals surface area (Å²) in [5.74, 6) is 0.796. The van der Waals surface area contributed by atoms with Gasteiger partial charge in [-0.3, -0.25) is 4.79 Å². The standard InChI is InChI=1S/C14H19ClN2O3/c15-13-8-12(20-16-13)4-5-14(19)17-9-2-1-3-10(17)7-11(18)6-9/h8-11,18H,1-7H2/t9-,10+,11?. The van der Waals surface area contributed by atoms with Gasteiger partial charge in [0.2, 0.25) is 5.91 Å². The van der Waals surface area contributed by atoms with E-state index >= 15 is 0 Å². The van der Waals surface area contributed by atoms with E-state index in [1.807, 2.05) is 4.90 Å². The second kappa shape index (κ2) is 5.74. The van der Waals surface area contributed by atoms with Crippen LogP contribution in [0.25, 0.3) is 0 Å². The van der Waals surface area contributed by atoms with Gasteiger partial charge in [0.05, 0.1) is 6.10 Å². The molecule has 20 heavy (non-hydrogen) atoms. The lowest BCUT2D eigenvalue weighted by atomic mass is 9.82. The zero-order valence-electron chi connectivity index (χ0n) is 11.3. The van der Waals surface area contributed by atoms with Gasteiger partial charge in [-0.25, -0.2) is 0 Å². The van der Waals surface area contributed by atoms with Crippen molar-refractivity contribution in [3.63, 3.8) is 0 Å². The lowest BCUT2D eigenvalue weighted by molar-refractivity contribution is -0.144. The van der Waals surface area contributed by atoms with E-state index in [1.165, 1.54) is 0 Å². The fourth-order valence-corrected chi connectivity index (χ4v) is 3.68. The molecule has 0 aliphatic carbocycles. The molecule has 1 aromatic rings. The van der Waals surface area contributed by atoms with Crippen LogP contribution in [0.4, 0.5) is 0 Å². The minimum atomic E-state index is -0.248. The number of carbonyl (C=O) groups is 1. The molecule has 1 unspecified atom stereocenters. The highest BCUT2D eigenvalue weighted by Gasteiger charge is 2.39. The summed E-state index contributed by atoms with van der Waals surface area (Å²) in [6, 6.07) is 2.07. The van der Waals surface area contributed by atoms with Crippen LogP contribution in [-0.2, 0) is 11.2 Å². The average Bonchev–Trinajstić information content (AvgIpc) is 2.81. The molecule has 0 aromatic carbocycles. The van der Waals surface area contributed by atoms with Crippen molar-refractivity contribution in [2.45, 2.75) is 63.1 Å². The molecule has 2 saturated heterocycles. The molecule has 0 spiro atoms. The van der Waals surface area contributed by atoms with Crippen molar-refractivity contribution < 1.29 is 14.4 Å². The predicted octanol–water partition coefficient (Wildman–Crippen LogP) is 2.17. The van der Waals surface area contributed by atoms with Crippen LogP contribution < -0.4 is 0 Å². The zero-order chi connectivity index (χ0) is 14.1. The van der Waals surface area contributed by atoms with Crippen LogP contribution >= 0.6 is 11.6 Å². The topological polar surface area (TPSA) is 66.6 Å². The van der Waals surface area contributed by atoms with Gasteiger partial charge < -0.3 is 14.5 Å². The second-order valence-corrected chi connectivity index (χ2v) is 6.17. The maximum Gasteiger partial charge on any atom is 0.223 e. The normalized spacial score (nSPS) is 29.5. The van der Waals surface area contributed by atoms with Gasteiger partial charge in [0, 0.05) is 31.0 Å². The molecule has 2 aliphatic rings. The molecule has 6 heteroatoms. The summed E-state index contributed by atoms with van der Waals surface area (Å²) in [6.07, 6.45) is 5.30. The molecule has 5 nitrogen and oxygen atoms in total. The highest BCUT2D eigenvalue weighted by Crippen LogP contribution is 2.34. The monoisotopic (exact) mass is 298 g/mol. The molecule has 2 aliphatic heterocycles. The maximum absolute atomic E-state index is 12.4. The Morgan fingerprint density at radius 3 is 2.75 bits per heavy atom. The first-order chi connectivity index (χ1) is 9.63. The van der Waals surface area contributed by atoms with Crippen molar-refractivity contribution in [2.24, 2.45) is 0 Å². The SMILES string of the molecule is O=C(CCc1cc(Cl)no1)N1[C@@H]2CCC[C@H]1CC(O)C2. The molecule has 2 bridgehead atoms. The van der Waals surface area contributed by atoms with Gasteiger partial charge in [0.25, 0.3) is 0 Å². The van der Waals surface area contributed by atoms with Crippen LogP contribution in [0.1, 0.15) is 44.3 Å². The third-order valence-electron chi connectivity index (χ3n) is 4.35. The lowest BCUT2D eigenvalue weighted by Gasteiger charge is -2.47. The van der Waals surface area contributed by atoms with E-state index in [1.54, 1.807) is 6.07 Å². The molecule has 0 radical (unpaired) electrons. The summed E-state index contributed by atoms with van der Waals surface area (Å²) in [4.78, 5) is 14.5. The molecular formula is C14H19ClN2O3. The van der Waals surface area contributed by atoms with Crippen LogP contribution in [0.2, 0.25) is 5.15 Å². The molecule has 1 amide bonds. The fraction of sp³-hybridized carbons (Fsp3) is 0.714. The number of halogens is 1. The minimum Gasteiger partial charge on any atom is -0.393 e. The Hall–Kier alpha value is -1.07. The average molecular weight is 299 g/mol. The summed E-state index contributed by atoms with van der Waals surface area (Å²) in [7, 11) is 0. The quantitative estimate of drug-likeness (QED) is 0.928. The van der Waals surface area contributed by atoms with E-state index in [2.05, 4.69) is 5.16 Å². The molecule has 3 atom stereocenters. The molecule has 3 heterocycles. The Bertz CT molecular complexity index is 477. The number of aromatic nitrogens is 1. The van der Waals surface area contributed by atoms with Crippen molar-refractivity contribution in [2.75, 3.05) is 0 Å². The molecule has 1 aromatic heterocycles. The second-order valence-electron chi connectivity index (χ2n) is 5.78. The summed E-state index contributed by atoms with van der Waals surface area (Å²) in [5, 5.41) is 13.8. The summed E-state index contributed by atoms with van der Waals surface area (Å²) < 4.78 is 5.02. The number of rotatable bonds is 3. The smallest absolute Gasteiger partial charge is 0.223 e. The number of piperidine rings is 2. The van der Waals surface area contributed by atoms with E-state index < -0.39 is 0 Å². The summed E-state index contributed by atoms with van der Waals surface area (Å²) in [5.41, 5.74) is 0. The highest BCUT2D eigenvalue weighted by molar-refractivity contribution is 6.29. The van der Waals surface area contributed by atoms with Crippen molar-refractivity contribution in [3.8, 4) is 0 Å². The van der Waals surface area contributed by atoms with Crippen LogP contribution in [0.5, 0.6) is 0 Å². The molecule has 3 rings (SSSR count). The first-order valence-corrected chi connectivity index (χ1v) is 7.61. The van der Waals surface area contributed by atoms with Crippen molar-refractivity contribution in [1.82, 2.24) is 10.1 Å². The Labute approximate surface area is 122 Å². The van der Waals surface area contributed by atoms with Gasteiger partial charge >= 0.3 is 0 Å². The predicted molar refractivity (Wildman–Crippen MR) is 73.3 cm³/mol. The Morgan fingerprint density at radius 2 is 2.15 bits per heavy atom. The van der Waals surface area contributed by atoms with E-state index in [0.29, 0.717) is 23.8 Å². The first-order valence-electron chi connectivity index (χ1n) is 7.24. The van der Waals surface area contributed by atoms with Crippen molar-refractivity contribution in [1.29, 1.82) is 0 Å². The fourth-order valence-electron chi connectivity index (χ4n) is 3.52. The summed E-state index contributed by atoms with van der Waals surface area (Å²) in [6.45, 7) is 0. The number of aliphatic hydroxyl groups is 1. The largest absolute Gasteiger partial charge is 0.393 e. The first kappa shape index (κ1) is 13.9. The van der Waals surface area contributed by atoms with Gasteiger partial charge in [0.15, 0.2) is 5.15 Å². The number of fused-ring (bicyclic) bond motifs is 2. The number of hydrogen-bond donors (Lipinski definition) is 1. The third kappa shape index (κ3) is 2.83. The van der Waals surface area contributed by atoms with Crippen LogP contribution in [0.15, 0.2) is 10.6 Å². The Morgan fingerprint density at radius 1 is 1.45 bits per heavy atom. The Balaban J connectivity index is 1.61. The van der Waals surface area contributed by atoms with Gasteiger partial charge in [0.1, 0.15) is 5.76 Å². The Kier molecular flexibility index (Phi) is 3.98. The van der Waals surface area contributed by atoms with Crippen LogP contribution in [0, 0.1) is 0 Å². The maximum atomic E-state index is 12.4. The molecule has 2 fully saturated rings. The van der Waals surface area contributed by atoms with Gasteiger partial charge in [-0.05, 0) is 32.1 Å².